The van der Waals surface area contributed by atoms with E-state index in [-0.39, 0.29) is 37.6 Å². The number of hydrogen-bond donors (Lipinski definition) is 2. The molecule has 0 fully saturated rings. The Balaban J connectivity index is 1.65. The Hall–Kier alpha value is -4.47. The summed E-state index contributed by atoms with van der Waals surface area (Å²) < 4.78 is 1.25. The van der Waals surface area contributed by atoms with Crippen LogP contribution in [0.4, 0.5) is 11.5 Å². The quantitative estimate of drug-likeness (QED) is 0.442. The molecule has 1 aliphatic rings. The average molecular weight is 490 g/mol. The maximum Gasteiger partial charge on any atom is 0.330 e. The summed E-state index contributed by atoms with van der Waals surface area (Å²) in [6, 6.07) is 15.5. The molecule has 2 aromatic carbocycles. The number of fused-ring (bicyclic) bond motifs is 1. The minimum absolute atomic E-state index is 0.0149. The van der Waals surface area contributed by atoms with Gasteiger partial charge in [0, 0.05) is 19.5 Å². The molecule has 0 aliphatic carbocycles. The standard InChI is InChI=1S/C26H27N5O5/c1-2-3-14-29-22(27)21(23(33)28-26(29)36)31(16-17-9-5-4-6-10-17)20(32)13-15-30-24(34)18-11-7-8-12-19(18)25(30)35/h4-12H,2-3,13-16,27H2,1H3,(H,28,33,36). The predicted octanol–water partition coefficient (Wildman–Crippen LogP) is 2.14. The van der Waals surface area contributed by atoms with Crippen LogP contribution in [0.5, 0.6) is 0 Å². The number of benzene rings is 2. The van der Waals surface area contributed by atoms with Gasteiger partial charge in [-0.05, 0) is 24.1 Å². The highest BCUT2D eigenvalue weighted by Crippen LogP contribution is 2.24. The monoisotopic (exact) mass is 489 g/mol. The Labute approximate surface area is 207 Å². The van der Waals surface area contributed by atoms with Crippen LogP contribution in [0.2, 0.25) is 0 Å². The van der Waals surface area contributed by atoms with Gasteiger partial charge < -0.3 is 10.6 Å². The number of carbonyl (C=O) groups is 3. The third-order valence-electron chi connectivity index (χ3n) is 6.13. The smallest absolute Gasteiger partial charge is 0.330 e. The molecule has 4 rings (SSSR count). The molecular formula is C26H27N5O5. The first kappa shape index (κ1) is 24.6. The second-order valence-electron chi connectivity index (χ2n) is 8.52. The number of aromatic nitrogens is 2. The summed E-state index contributed by atoms with van der Waals surface area (Å²) in [6.07, 6.45) is 1.22. The zero-order valence-corrected chi connectivity index (χ0v) is 19.9. The summed E-state index contributed by atoms with van der Waals surface area (Å²) in [6.45, 7) is 2.09. The zero-order chi connectivity index (χ0) is 25.8. The number of amides is 3. The topological polar surface area (TPSA) is 139 Å². The molecule has 0 saturated heterocycles. The van der Waals surface area contributed by atoms with Gasteiger partial charge in [-0.3, -0.25) is 33.6 Å². The van der Waals surface area contributed by atoms with Crippen molar-refractivity contribution >= 4 is 29.2 Å². The van der Waals surface area contributed by atoms with Crippen molar-refractivity contribution in [2.75, 3.05) is 17.2 Å². The molecule has 0 saturated carbocycles. The summed E-state index contributed by atoms with van der Waals surface area (Å²) in [4.78, 5) is 68.7. The van der Waals surface area contributed by atoms with Crippen molar-refractivity contribution in [3.8, 4) is 0 Å². The van der Waals surface area contributed by atoms with Gasteiger partial charge in [-0.15, -0.1) is 0 Å². The first-order valence-electron chi connectivity index (χ1n) is 11.8. The van der Waals surface area contributed by atoms with Gasteiger partial charge in [0.05, 0.1) is 17.7 Å². The van der Waals surface area contributed by atoms with Crippen LogP contribution in [0.1, 0.15) is 52.5 Å². The van der Waals surface area contributed by atoms with E-state index in [0.717, 1.165) is 16.9 Å². The largest absolute Gasteiger partial charge is 0.383 e. The van der Waals surface area contributed by atoms with Crippen molar-refractivity contribution in [1.82, 2.24) is 14.5 Å². The lowest BCUT2D eigenvalue weighted by Crippen LogP contribution is -2.42. The summed E-state index contributed by atoms with van der Waals surface area (Å²) in [7, 11) is 0. The van der Waals surface area contributed by atoms with Crippen LogP contribution in [0.15, 0.2) is 64.2 Å². The van der Waals surface area contributed by atoms with E-state index in [9.17, 15) is 24.0 Å². The van der Waals surface area contributed by atoms with E-state index in [4.69, 9.17) is 5.73 Å². The number of imide groups is 1. The van der Waals surface area contributed by atoms with Crippen LogP contribution >= 0.6 is 0 Å². The van der Waals surface area contributed by atoms with Crippen molar-refractivity contribution < 1.29 is 14.4 Å². The molecule has 3 N–H and O–H groups in total. The summed E-state index contributed by atoms with van der Waals surface area (Å²) in [5.41, 5.74) is 6.02. The van der Waals surface area contributed by atoms with Gasteiger partial charge in [0.25, 0.3) is 17.4 Å². The summed E-state index contributed by atoms with van der Waals surface area (Å²) >= 11 is 0. The van der Waals surface area contributed by atoms with E-state index < -0.39 is 29.0 Å². The van der Waals surface area contributed by atoms with Crippen LogP contribution in [0, 0.1) is 0 Å². The van der Waals surface area contributed by atoms with E-state index >= 15 is 0 Å². The van der Waals surface area contributed by atoms with Gasteiger partial charge in [0.15, 0.2) is 5.69 Å². The second-order valence-corrected chi connectivity index (χ2v) is 8.52. The highest BCUT2D eigenvalue weighted by Gasteiger charge is 2.35. The average Bonchev–Trinajstić information content (AvgIpc) is 3.11. The first-order valence-corrected chi connectivity index (χ1v) is 11.8. The molecule has 0 spiro atoms. The Kier molecular flexibility index (Phi) is 7.14. The van der Waals surface area contributed by atoms with Crippen molar-refractivity contribution in [2.45, 2.75) is 39.3 Å². The molecule has 36 heavy (non-hydrogen) atoms. The maximum absolute atomic E-state index is 13.5. The number of nitrogen functional groups attached to an aromatic ring is 1. The Morgan fingerprint density at radius 3 is 2.14 bits per heavy atom. The molecule has 0 unspecified atom stereocenters. The third kappa shape index (κ3) is 4.70. The number of rotatable bonds is 9. The second kappa shape index (κ2) is 10.4. The number of nitrogens with one attached hydrogen (secondary N) is 1. The Morgan fingerprint density at radius 2 is 1.53 bits per heavy atom. The van der Waals surface area contributed by atoms with Crippen molar-refractivity contribution in [2.24, 2.45) is 0 Å². The van der Waals surface area contributed by atoms with Crippen molar-refractivity contribution in [3.63, 3.8) is 0 Å². The Bertz CT molecular complexity index is 1390. The molecule has 0 atom stereocenters. The molecule has 2 heterocycles. The first-order chi connectivity index (χ1) is 17.3. The number of carbonyl (C=O) groups excluding carboxylic acids is 3. The van der Waals surface area contributed by atoms with E-state index in [1.165, 1.54) is 9.47 Å². The zero-order valence-electron chi connectivity index (χ0n) is 19.9. The fourth-order valence-corrected chi connectivity index (χ4v) is 4.22. The lowest BCUT2D eigenvalue weighted by atomic mass is 10.1. The Morgan fingerprint density at radius 1 is 0.917 bits per heavy atom. The number of hydrogen-bond acceptors (Lipinski definition) is 6. The molecule has 186 valence electrons. The van der Waals surface area contributed by atoms with Gasteiger partial charge >= 0.3 is 5.69 Å². The maximum atomic E-state index is 13.5. The fourth-order valence-electron chi connectivity index (χ4n) is 4.22. The number of aromatic amines is 1. The molecule has 0 radical (unpaired) electrons. The van der Waals surface area contributed by atoms with E-state index in [2.05, 4.69) is 4.98 Å². The summed E-state index contributed by atoms with van der Waals surface area (Å²) in [5.74, 6) is -1.57. The fraction of sp³-hybridized carbons (Fsp3) is 0.269. The van der Waals surface area contributed by atoms with E-state index in [1.807, 2.05) is 13.0 Å². The van der Waals surface area contributed by atoms with Gasteiger partial charge in [0.2, 0.25) is 5.91 Å². The van der Waals surface area contributed by atoms with Crippen molar-refractivity contribution in [1.29, 1.82) is 0 Å². The van der Waals surface area contributed by atoms with Gasteiger partial charge in [0.1, 0.15) is 5.82 Å². The molecular weight excluding hydrogens is 462 g/mol. The number of unbranched alkanes of at least 4 members (excludes halogenated alkanes) is 1. The van der Waals surface area contributed by atoms with Crippen LogP contribution in [-0.4, -0.2) is 38.7 Å². The SMILES string of the molecule is CCCCn1c(N)c(N(Cc2ccccc2)C(=O)CCN2C(=O)c3ccccc3C2=O)c(=O)[nH]c1=O. The summed E-state index contributed by atoms with van der Waals surface area (Å²) in [5, 5.41) is 0. The normalized spacial score (nSPS) is 12.6. The van der Waals surface area contributed by atoms with Crippen LogP contribution in [0.3, 0.4) is 0 Å². The van der Waals surface area contributed by atoms with Crippen LogP contribution in [-0.2, 0) is 17.9 Å². The minimum atomic E-state index is -0.782. The molecule has 0 bridgehead atoms. The molecule has 1 aromatic heterocycles. The van der Waals surface area contributed by atoms with E-state index in [1.54, 1.807) is 48.5 Å². The van der Waals surface area contributed by atoms with Crippen LogP contribution in [0.25, 0.3) is 0 Å². The molecule has 3 amide bonds. The number of nitrogens with two attached hydrogens (primary N) is 1. The van der Waals surface area contributed by atoms with Gasteiger partial charge in [-0.2, -0.15) is 0 Å². The minimum Gasteiger partial charge on any atom is -0.383 e. The molecule has 10 nitrogen and oxygen atoms in total. The molecule has 10 heteroatoms. The number of nitrogens with zero attached hydrogens (tertiary/aromatic N) is 3. The highest BCUT2D eigenvalue weighted by molar-refractivity contribution is 6.21. The lowest BCUT2D eigenvalue weighted by Gasteiger charge is -2.25. The third-order valence-corrected chi connectivity index (χ3v) is 6.13. The molecule has 3 aromatic rings. The highest BCUT2D eigenvalue weighted by atomic mass is 16.2. The lowest BCUT2D eigenvalue weighted by molar-refractivity contribution is -0.118. The van der Waals surface area contributed by atoms with Gasteiger partial charge in [-0.25, -0.2) is 4.79 Å². The molecule has 1 aliphatic heterocycles. The van der Waals surface area contributed by atoms with Crippen LogP contribution < -0.4 is 21.9 Å². The van der Waals surface area contributed by atoms with Gasteiger partial charge in [-0.1, -0.05) is 55.8 Å². The van der Waals surface area contributed by atoms with Crippen molar-refractivity contribution in [3.05, 3.63) is 92.1 Å². The predicted molar refractivity (Wildman–Crippen MR) is 135 cm³/mol. The number of H-pyrrole nitrogens is 1. The van der Waals surface area contributed by atoms with E-state index in [0.29, 0.717) is 17.5 Å². The number of anilines is 2.